The van der Waals surface area contributed by atoms with Crippen LogP contribution in [0, 0.1) is 0 Å². The van der Waals surface area contributed by atoms with E-state index in [1.165, 1.54) is 12.0 Å². The molecule has 1 aliphatic rings. The van der Waals surface area contributed by atoms with E-state index < -0.39 is 12.0 Å². The molecule has 0 aromatic heterocycles. The number of hydrogen-bond acceptors (Lipinski definition) is 5. The van der Waals surface area contributed by atoms with Crippen LogP contribution in [0.3, 0.4) is 0 Å². The maximum atomic E-state index is 13.2. The number of anilines is 3. The van der Waals surface area contributed by atoms with Gasteiger partial charge in [0, 0.05) is 30.5 Å². The molecule has 4 amide bonds. The first-order chi connectivity index (χ1) is 21.7. The summed E-state index contributed by atoms with van der Waals surface area (Å²) >= 11 is 0. The van der Waals surface area contributed by atoms with Crippen molar-refractivity contribution in [3.8, 4) is 5.75 Å². The first-order valence-corrected chi connectivity index (χ1v) is 14.5. The van der Waals surface area contributed by atoms with Crippen molar-refractivity contribution in [2.24, 2.45) is 0 Å². The zero-order valence-electron chi connectivity index (χ0n) is 25.0. The maximum Gasteiger partial charge on any atom is 0.326 e. The van der Waals surface area contributed by atoms with Gasteiger partial charge in [0.1, 0.15) is 5.75 Å². The van der Waals surface area contributed by atoms with E-state index in [1.807, 2.05) is 24.3 Å². The summed E-state index contributed by atoms with van der Waals surface area (Å²) in [5.41, 5.74) is 4.86. The van der Waals surface area contributed by atoms with Gasteiger partial charge in [-0.05, 0) is 65.6 Å². The van der Waals surface area contributed by atoms with Crippen molar-refractivity contribution in [3.05, 3.63) is 119 Å². The van der Waals surface area contributed by atoms with Crippen molar-refractivity contribution >= 4 is 40.9 Å². The summed E-state index contributed by atoms with van der Waals surface area (Å²) in [6.45, 7) is 0.593. The van der Waals surface area contributed by atoms with E-state index in [0.717, 1.165) is 17.7 Å². The van der Waals surface area contributed by atoms with Crippen molar-refractivity contribution in [1.29, 1.82) is 0 Å². The number of hydrogen-bond donors (Lipinski definition) is 3. The zero-order chi connectivity index (χ0) is 31.9. The number of methoxy groups -OCH3 is 1. The van der Waals surface area contributed by atoms with Crippen LogP contribution in [0.25, 0.3) is 0 Å². The summed E-state index contributed by atoms with van der Waals surface area (Å²) in [5, 5.41) is 15.1. The molecule has 0 saturated heterocycles. The van der Waals surface area contributed by atoms with Crippen molar-refractivity contribution in [1.82, 2.24) is 5.32 Å². The lowest BCUT2D eigenvalue weighted by atomic mass is 10.0. The van der Waals surface area contributed by atoms with Crippen LogP contribution in [0.5, 0.6) is 5.75 Å². The molecule has 1 heterocycles. The average molecular weight is 607 g/mol. The molecule has 4 aromatic carbocycles. The van der Waals surface area contributed by atoms with Gasteiger partial charge in [0.05, 0.1) is 31.7 Å². The van der Waals surface area contributed by atoms with Crippen molar-refractivity contribution < 1.29 is 29.0 Å². The number of rotatable bonds is 10. The van der Waals surface area contributed by atoms with Gasteiger partial charge in [0.25, 0.3) is 5.91 Å². The number of carbonyl (C=O) groups excluding carboxylic acids is 3. The Morgan fingerprint density at radius 1 is 0.933 bits per heavy atom. The SMILES string of the molecule is COc1cc(CC(=O)N(C)c2ccc(C(CC(=O)O)NC(=O)c3ccccc3)cc2)ccc1NC(=O)N1CCc2ccccc21. The monoisotopic (exact) mass is 606 g/mol. The van der Waals surface area contributed by atoms with Crippen LogP contribution in [0.4, 0.5) is 21.9 Å². The lowest BCUT2D eigenvalue weighted by molar-refractivity contribution is -0.137. The Labute approximate surface area is 261 Å². The molecule has 1 unspecified atom stereocenters. The molecule has 0 bridgehead atoms. The molecule has 0 aliphatic carbocycles. The quantitative estimate of drug-likeness (QED) is 0.221. The standard InChI is InChI=1S/C35H34N4O6/c1-38(27-15-13-24(14-16-27)29(22-33(41)42)36-34(43)26-9-4-3-5-10-26)32(40)21-23-12-17-28(31(20-23)45-2)37-35(44)39-19-18-25-8-6-7-11-30(25)39/h3-17,20,29H,18-19,21-22H2,1-2H3,(H,36,43)(H,37,44)(H,41,42). The summed E-state index contributed by atoms with van der Waals surface area (Å²) in [5.74, 6) is -1.17. The summed E-state index contributed by atoms with van der Waals surface area (Å²) in [6.07, 6.45) is 0.583. The fourth-order valence-corrected chi connectivity index (χ4v) is 5.31. The largest absolute Gasteiger partial charge is 0.495 e. The number of carboxylic acid groups (broad SMARTS) is 1. The molecule has 10 heteroatoms. The number of nitrogens with one attached hydrogen (secondary N) is 2. The van der Waals surface area contributed by atoms with Gasteiger partial charge in [-0.25, -0.2) is 4.79 Å². The van der Waals surface area contributed by atoms with Gasteiger partial charge in [0.15, 0.2) is 0 Å². The summed E-state index contributed by atoms with van der Waals surface area (Å²) in [7, 11) is 3.16. The minimum Gasteiger partial charge on any atom is -0.495 e. The maximum absolute atomic E-state index is 13.2. The van der Waals surface area contributed by atoms with Crippen LogP contribution in [0.15, 0.2) is 97.1 Å². The topological polar surface area (TPSA) is 128 Å². The number of carbonyl (C=O) groups is 4. The summed E-state index contributed by atoms with van der Waals surface area (Å²) in [4.78, 5) is 53.7. The minimum absolute atomic E-state index is 0.0805. The molecule has 1 aliphatic heterocycles. The molecule has 0 fully saturated rings. The van der Waals surface area contributed by atoms with E-state index in [0.29, 0.717) is 40.4 Å². The van der Waals surface area contributed by atoms with E-state index >= 15 is 0 Å². The van der Waals surface area contributed by atoms with Gasteiger partial charge in [0.2, 0.25) is 5.91 Å². The Balaban J connectivity index is 1.23. The van der Waals surface area contributed by atoms with Gasteiger partial charge >= 0.3 is 12.0 Å². The first kappa shape index (κ1) is 30.8. The van der Waals surface area contributed by atoms with E-state index in [2.05, 4.69) is 10.6 Å². The number of likely N-dealkylation sites (N-methyl/N-ethyl adjacent to an activating group) is 1. The minimum atomic E-state index is -1.05. The molecular formula is C35H34N4O6. The number of nitrogens with zero attached hydrogens (tertiary/aromatic N) is 2. The number of para-hydroxylation sites is 1. The molecule has 3 N–H and O–H groups in total. The lowest BCUT2D eigenvalue weighted by Crippen LogP contribution is -2.33. The Kier molecular flexibility index (Phi) is 9.43. The van der Waals surface area contributed by atoms with Crippen molar-refractivity contribution in [3.63, 3.8) is 0 Å². The highest BCUT2D eigenvalue weighted by Crippen LogP contribution is 2.31. The number of ether oxygens (including phenoxy) is 1. The van der Waals surface area contributed by atoms with E-state index in [4.69, 9.17) is 4.74 Å². The highest BCUT2D eigenvalue weighted by molar-refractivity contribution is 6.04. The fourth-order valence-electron chi connectivity index (χ4n) is 5.31. The molecule has 45 heavy (non-hydrogen) atoms. The number of aliphatic carboxylic acids is 1. The number of urea groups is 1. The Morgan fingerprint density at radius 2 is 1.64 bits per heavy atom. The predicted molar refractivity (Wildman–Crippen MR) is 172 cm³/mol. The predicted octanol–water partition coefficient (Wildman–Crippen LogP) is 5.44. The number of fused-ring (bicyclic) bond motifs is 1. The van der Waals surface area contributed by atoms with Gasteiger partial charge in [-0.15, -0.1) is 0 Å². The zero-order valence-corrected chi connectivity index (χ0v) is 25.0. The van der Waals surface area contributed by atoms with Crippen LogP contribution in [0.1, 0.15) is 39.5 Å². The van der Waals surface area contributed by atoms with Crippen LogP contribution >= 0.6 is 0 Å². The molecule has 1 atom stereocenters. The smallest absolute Gasteiger partial charge is 0.326 e. The second-order valence-electron chi connectivity index (χ2n) is 10.7. The fraction of sp³-hybridized carbons (Fsp3) is 0.200. The third kappa shape index (κ3) is 7.30. The third-order valence-corrected chi connectivity index (χ3v) is 7.77. The van der Waals surface area contributed by atoms with Crippen LogP contribution in [-0.2, 0) is 22.4 Å². The second-order valence-corrected chi connectivity index (χ2v) is 10.7. The van der Waals surface area contributed by atoms with Gasteiger partial charge in [-0.1, -0.05) is 54.6 Å². The number of amides is 4. The van der Waals surface area contributed by atoms with E-state index in [1.54, 1.807) is 84.7 Å². The summed E-state index contributed by atoms with van der Waals surface area (Å²) in [6, 6.07) is 27.5. The number of benzene rings is 4. The van der Waals surface area contributed by atoms with Crippen LogP contribution < -0.4 is 25.2 Å². The average Bonchev–Trinajstić information content (AvgIpc) is 3.49. The molecular weight excluding hydrogens is 572 g/mol. The molecule has 0 spiro atoms. The van der Waals surface area contributed by atoms with E-state index in [9.17, 15) is 24.3 Å². The van der Waals surface area contributed by atoms with Gasteiger partial charge < -0.3 is 25.4 Å². The Hall–Kier alpha value is -5.64. The molecule has 230 valence electrons. The van der Waals surface area contributed by atoms with Gasteiger partial charge in [-0.2, -0.15) is 0 Å². The molecule has 0 saturated carbocycles. The molecule has 10 nitrogen and oxygen atoms in total. The highest BCUT2D eigenvalue weighted by Gasteiger charge is 2.25. The molecule has 4 aromatic rings. The molecule has 5 rings (SSSR count). The first-order valence-electron chi connectivity index (χ1n) is 14.5. The lowest BCUT2D eigenvalue weighted by Gasteiger charge is -2.21. The Morgan fingerprint density at radius 3 is 2.36 bits per heavy atom. The third-order valence-electron chi connectivity index (χ3n) is 7.77. The highest BCUT2D eigenvalue weighted by atomic mass is 16.5. The van der Waals surface area contributed by atoms with Crippen LogP contribution in [0.2, 0.25) is 0 Å². The van der Waals surface area contributed by atoms with E-state index in [-0.39, 0.29) is 30.7 Å². The second kappa shape index (κ2) is 13.8. The normalized spacial score (nSPS) is 12.5. The van der Waals surface area contributed by atoms with Crippen molar-refractivity contribution in [2.45, 2.75) is 25.3 Å². The van der Waals surface area contributed by atoms with Crippen LogP contribution in [-0.4, -0.2) is 49.6 Å². The number of carboxylic acids is 1. The summed E-state index contributed by atoms with van der Waals surface area (Å²) < 4.78 is 5.53. The molecule has 0 radical (unpaired) electrons. The van der Waals surface area contributed by atoms with Crippen molar-refractivity contribution in [2.75, 3.05) is 35.8 Å². The Bertz CT molecular complexity index is 1710. The van der Waals surface area contributed by atoms with Gasteiger partial charge in [-0.3, -0.25) is 19.3 Å².